The number of rotatable bonds is 8. The largest absolute Gasteiger partial charge is 0.494 e. The van der Waals surface area contributed by atoms with E-state index in [0.717, 1.165) is 0 Å². The average Bonchev–Trinajstić information content (AvgIpc) is 2.73. The van der Waals surface area contributed by atoms with Crippen molar-refractivity contribution in [1.82, 2.24) is 0 Å². The van der Waals surface area contributed by atoms with E-state index >= 15 is 0 Å². The van der Waals surface area contributed by atoms with Crippen molar-refractivity contribution in [1.29, 1.82) is 0 Å². The Morgan fingerprint density at radius 2 is 1.47 bits per heavy atom. The van der Waals surface area contributed by atoms with Gasteiger partial charge in [0.2, 0.25) is 0 Å². The van der Waals surface area contributed by atoms with Gasteiger partial charge in [-0.25, -0.2) is 0 Å². The van der Waals surface area contributed by atoms with Crippen LogP contribution in [0.1, 0.15) is 24.5 Å². The molecular weight excluding hydrogens is 413 g/mol. The molecule has 0 saturated carbocycles. The molecule has 2 nitrogen and oxygen atoms in total. The highest BCUT2D eigenvalue weighted by Crippen LogP contribution is 2.48. The lowest BCUT2D eigenvalue weighted by Crippen LogP contribution is -2.37. The highest BCUT2D eigenvalue weighted by molar-refractivity contribution is 6.24. The fourth-order valence-electron chi connectivity index (χ4n) is 3.14. The molecule has 1 atom stereocenters. The molecule has 158 valence electrons. The van der Waals surface area contributed by atoms with Gasteiger partial charge in [-0.1, -0.05) is 42.5 Å². The zero-order chi connectivity index (χ0) is 21.6. The minimum absolute atomic E-state index is 0.00295. The molecule has 1 unspecified atom stereocenters. The Morgan fingerprint density at radius 3 is 2.10 bits per heavy atom. The first kappa shape index (κ1) is 22.0. The van der Waals surface area contributed by atoms with Crippen molar-refractivity contribution in [3.63, 3.8) is 0 Å². The summed E-state index contributed by atoms with van der Waals surface area (Å²) >= 11 is 6.19. The maximum atomic E-state index is 13.9. The third kappa shape index (κ3) is 5.28. The average molecular weight is 435 g/mol. The molecular formula is C24H22ClF3O2. The van der Waals surface area contributed by atoms with Crippen molar-refractivity contribution < 1.29 is 22.6 Å². The van der Waals surface area contributed by atoms with Crippen molar-refractivity contribution in [2.45, 2.75) is 30.8 Å². The highest BCUT2D eigenvalue weighted by Gasteiger charge is 2.54. The quantitative estimate of drug-likeness (QED) is 0.341. The van der Waals surface area contributed by atoms with E-state index in [9.17, 15) is 13.2 Å². The SMILES string of the molecule is CCOc1ccc(C(Cl)(CCc2cccc(Oc3ccccc3)c2)C(F)(F)F)cc1. The van der Waals surface area contributed by atoms with Gasteiger partial charge in [0, 0.05) is 0 Å². The Hall–Kier alpha value is -2.66. The number of hydrogen-bond donors (Lipinski definition) is 0. The summed E-state index contributed by atoms with van der Waals surface area (Å²) < 4.78 is 52.8. The van der Waals surface area contributed by atoms with Gasteiger partial charge < -0.3 is 9.47 Å². The van der Waals surface area contributed by atoms with E-state index in [1.165, 1.54) is 24.3 Å². The molecule has 0 heterocycles. The van der Waals surface area contributed by atoms with Crippen LogP contribution in [0.3, 0.4) is 0 Å². The van der Waals surface area contributed by atoms with Gasteiger partial charge in [0.25, 0.3) is 0 Å². The van der Waals surface area contributed by atoms with Crippen LogP contribution in [0.15, 0.2) is 78.9 Å². The smallest absolute Gasteiger partial charge is 0.411 e. The highest BCUT2D eigenvalue weighted by atomic mass is 35.5. The van der Waals surface area contributed by atoms with Crippen LogP contribution in [0.5, 0.6) is 17.2 Å². The van der Waals surface area contributed by atoms with Crippen LogP contribution >= 0.6 is 11.6 Å². The predicted octanol–water partition coefficient (Wildman–Crippen LogP) is 7.51. The Labute approximate surface area is 179 Å². The van der Waals surface area contributed by atoms with Crippen LogP contribution < -0.4 is 9.47 Å². The third-order valence-electron chi connectivity index (χ3n) is 4.71. The van der Waals surface area contributed by atoms with Gasteiger partial charge in [-0.2, -0.15) is 13.2 Å². The minimum Gasteiger partial charge on any atom is -0.494 e. The lowest BCUT2D eigenvalue weighted by molar-refractivity contribution is -0.166. The zero-order valence-electron chi connectivity index (χ0n) is 16.5. The standard InChI is InChI=1S/C24H22ClF3O2/c1-2-29-20-13-11-19(12-14-20)23(25,24(26,27)28)16-15-18-7-6-10-22(17-18)30-21-8-4-3-5-9-21/h3-14,17H,2,15-16H2,1H3. The summed E-state index contributed by atoms with van der Waals surface area (Å²) in [6, 6.07) is 22.0. The van der Waals surface area contributed by atoms with Gasteiger partial charge in [0.15, 0.2) is 4.87 Å². The van der Waals surface area contributed by atoms with Crippen molar-refractivity contribution in [3.05, 3.63) is 90.0 Å². The Kier molecular flexibility index (Phi) is 6.93. The third-order valence-corrected chi connectivity index (χ3v) is 5.33. The van der Waals surface area contributed by atoms with Crippen LogP contribution in [-0.2, 0) is 11.3 Å². The first-order chi connectivity index (χ1) is 14.3. The van der Waals surface area contributed by atoms with Gasteiger partial charge in [-0.15, -0.1) is 11.6 Å². The molecule has 0 saturated heterocycles. The normalized spacial score (nSPS) is 13.5. The Morgan fingerprint density at radius 1 is 0.800 bits per heavy atom. The fourth-order valence-corrected chi connectivity index (χ4v) is 3.36. The number of alkyl halides is 4. The first-order valence-corrected chi connectivity index (χ1v) is 10.0. The van der Waals surface area contributed by atoms with Crippen molar-refractivity contribution in [2.24, 2.45) is 0 Å². The molecule has 0 radical (unpaired) electrons. The van der Waals surface area contributed by atoms with E-state index in [0.29, 0.717) is 29.4 Å². The van der Waals surface area contributed by atoms with Gasteiger partial charge in [-0.3, -0.25) is 0 Å². The summed E-state index contributed by atoms with van der Waals surface area (Å²) in [7, 11) is 0. The summed E-state index contributed by atoms with van der Waals surface area (Å²) in [6.45, 7) is 2.25. The summed E-state index contributed by atoms with van der Waals surface area (Å²) in [5, 5.41) is 0. The van der Waals surface area contributed by atoms with Crippen molar-refractivity contribution in [3.8, 4) is 17.2 Å². The molecule has 0 aliphatic carbocycles. The Bertz CT molecular complexity index is 943. The van der Waals surface area contributed by atoms with E-state index < -0.39 is 11.1 Å². The molecule has 0 bridgehead atoms. The maximum absolute atomic E-state index is 13.9. The Balaban J connectivity index is 1.77. The summed E-state index contributed by atoms with van der Waals surface area (Å²) in [5.41, 5.74) is 0.709. The molecule has 3 aromatic carbocycles. The predicted molar refractivity (Wildman–Crippen MR) is 112 cm³/mol. The van der Waals surface area contributed by atoms with Crippen LogP contribution in [0.4, 0.5) is 13.2 Å². The molecule has 30 heavy (non-hydrogen) atoms. The summed E-state index contributed by atoms with van der Waals surface area (Å²) in [4.78, 5) is -2.49. The minimum atomic E-state index is -4.61. The molecule has 6 heteroatoms. The second kappa shape index (κ2) is 9.43. The van der Waals surface area contributed by atoms with E-state index in [1.807, 2.05) is 37.3 Å². The van der Waals surface area contributed by atoms with Crippen molar-refractivity contribution >= 4 is 11.6 Å². The summed E-state index contributed by atoms with van der Waals surface area (Å²) in [6.07, 6.45) is -4.77. The van der Waals surface area contributed by atoms with E-state index in [1.54, 1.807) is 24.3 Å². The fraction of sp³-hybridized carbons (Fsp3) is 0.250. The molecule has 3 rings (SSSR count). The first-order valence-electron chi connectivity index (χ1n) is 9.62. The second-order valence-electron chi connectivity index (χ2n) is 6.82. The topological polar surface area (TPSA) is 18.5 Å². The molecule has 0 aromatic heterocycles. The molecule has 0 spiro atoms. The molecule has 0 N–H and O–H groups in total. The maximum Gasteiger partial charge on any atom is 0.411 e. The number of aryl methyl sites for hydroxylation is 1. The lowest BCUT2D eigenvalue weighted by atomic mass is 9.90. The second-order valence-corrected chi connectivity index (χ2v) is 7.46. The van der Waals surface area contributed by atoms with Gasteiger partial charge in [0.1, 0.15) is 17.2 Å². The van der Waals surface area contributed by atoms with Crippen LogP contribution in [0.25, 0.3) is 0 Å². The monoisotopic (exact) mass is 434 g/mol. The summed E-state index contributed by atoms with van der Waals surface area (Å²) in [5.74, 6) is 1.73. The van der Waals surface area contributed by atoms with Gasteiger partial charge in [-0.05, 0) is 67.3 Å². The van der Waals surface area contributed by atoms with Crippen molar-refractivity contribution in [2.75, 3.05) is 6.61 Å². The lowest BCUT2D eigenvalue weighted by Gasteiger charge is -2.30. The number of halogens is 4. The zero-order valence-corrected chi connectivity index (χ0v) is 17.2. The number of benzene rings is 3. The van der Waals surface area contributed by atoms with E-state index in [2.05, 4.69) is 0 Å². The molecule has 3 aromatic rings. The van der Waals surface area contributed by atoms with Crippen LogP contribution in [0.2, 0.25) is 0 Å². The van der Waals surface area contributed by atoms with Crippen LogP contribution in [-0.4, -0.2) is 12.8 Å². The number of hydrogen-bond acceptors (Lipinski definition) is 2. The van der Waals surface area contributed by atoms with E-state index in [-0.39, 0.29) is 18.4 Å². The van der Waals surface area contributed by atoms with E-state index in [4.69, 9.17) is 21.1 Å². The molecule has 0 amide bonds. The number of ether oxygens (including phenoxy) is 2. The number of para-hydroxylation sites is 1. The molecule has 0 aliphatic rings. The van der Waals surface area contributed by atoms with Gasteiger partial charge in [0.05, 0.1) is 6.61 Å². The molecule has 0 aliphatic heterocycles. The molecule has 0 fully saturated rings. The van der Waals surface area contributed by atoms with Gasteiger partial charge >= 0.3 is 6.18 Å². The van der Waals surface area contributed by atoms with Crippen LogP contribution in [0, 0.1) is 0 Å².